The van der Waals surface area contributed by atoms with Crippen LogP contribution in [0.4, 0.5) is 5.82 Å². The van der Waals surface area contributed by atoms with Crippen molar-refractivity contribution < 1.29 is 14.6 Å². The average Bonchev–Trinajstić information content (AvgIpc) is 3.15. The number of carbonyl (C=O) groups excluding carboxylic acids is 1. The Morgan fingerprint density at radius 3 is 2.61 bits per heavy atom. The first-order valence-electron chi connectivity index (χ1n) is 10.5. The summed E-state index contributed by atoms with van der Waals surface area (Å²) in [5, 5.41) is 10.5. The molecule has 0 aliphatic rings. The second-order valence-corrected chi connectivity index (χ2v) is 7.62. The highest BCUT2D eigenvalue weighted by atomic mass is 16.5. The van der Waals surface area contributed by atoms with Crippen LogP contribution in [0.25, 0.3) is 21.9 Å². The second-order valence-electron chi connectivity index (χ2n) is 7.62. The number of hydrogen-bond donors (Lipinski definition) is 2. The Hall–Kier alpha value is -3.61. The van der Waals surface area contributed by atoms with Gasteiger partial charge in [-0.25, -0.2) is 14.8 Å². The van der Waals surface area contributed by atoms with E-state index in [1.807, 2.05) is 18.2 Å². The molecule has 2 aromatic heterocycles. The van der Waals surface area contributed by atoms with E-state index < -0.39 is 5.97 Å². The van der Waals surface area contributed by atoms with Crippen LogP contribution in [0.15, 0.2) is 42.5 Å². The molecule has 160 valence electrons. The lowest BCUT2D eigenvalue weighted by Gasteiger charge is -2.12. The number of nitrogen functional groups attached to an aromatic ring is 1. The van der Waals surface area contributed by atoms with Crippen molar-refractivity contribution in [2.45, 2.75) is 39.2 Å². The molecule has 31 heavy (non-hydrogen) atoms. The fourth-order valence-corrected chi connectivity index (χ4v) is 3.87. The highest BCUT2D eigenvalue weighted by molar-refractivity contribution is 6.08. The maximum atomic E-state index is 12.0. The molecule has 0 unspecified atom stereocenters. The van der Waals surface area contributed by atoms with E-state index in [-0.39, 0.29) is 5.75 Å². The van der Waals surface area contributed by atoms with E-state index in [2.05, 4.69) is 16.5 Å². The van der Waals surface area contributed by atoms with Crippen molar-refractivity contribution in [3.63, 3.8) is 0 Å². The van der Waals surface area contributed by atoms with Crippen LogP contribution < -0.4 is 5.73 Å². The van der Waals surface area contributed by atoms with E-state index in [1.54, 1.807) is 24.3 Å². The highest BCUT2D eigenvalue weighted by Crippen LogP contribution is 2.30. The van der Waals surface area contributed by atoms with Crippen LogP contribution in [-0.2, 0) is 24.1 Å². The molecule has 0 amide bonds. The number of methoxy groups -OCH3 is 1. The molecule has 0 aliphatic heterocycles. The molecule has 2 aromatic carbocycles. The summed E-state index contributed by atoms with van der Waals surface area (Å²) < 4.78 is 7.06. The Balaban J connectivity index is 1.85. The van der Waals surface area contributed by atoms with Gasteiger partial charge in [0.1, 0.15) is 17.1 Å². The summed E-state index contributed by atoms with van der Waals surface area (Å²) in [6.45, 7) is 2.88. The zero-order valence-electron chi connectivity index (χ0n) is 17.8. The van der Waals surface area contributed by atoms with E-state index in [4.69, 9.17) is 15.5 Å². The minimum absolute atomic E-state index is 0.256. The van der Waals surface area contributed by atoms with Crippen LogP contribution in [0.5, 0.6) is 5.75 Å². The molecule has 4 aromatic rings. The van der Waals surface area contributed by atoms with Gasteiger partial charge in [-0.05, 0) is 48.7 Å². The lowest BCUT2D eigenvalue weighted by Crippen LogP contribution is -2.07. The van der Waals surface area contributed by atoms with Crippen LogP contribution >= 0.6 is 0 Å². The molecule has 0 saturated heterocycles. The van der Waals surface area contributed by atoms with E-state index in [1.165, 1.54) is 7.11 Å². The van der Waals surface area contributed by atoms with Crippen LogP contribution in [0.1, 0.15) is 41.5 Å². The number of nitrogens with two attached hydrogens (primary N) is 1. The minimum Gasteiger partial charge on any atom is -0.508 e. The summed E-state index contributed by atoms with van der Waals surface area (Å²) in [6.07, 6.45) is 3.73. The lowest BCUT2D eigenvalue weighted by molar-refractivity contribution is 0.0601. The molecule has 7 nitrogen and oxygen atoms in total. The number of phenols is 1. The lowest BCUT2D eigenvalue weighted by atomic mass is 10.1. The van der Waals surface area contributed by atoms with Gasteiger partial charge in [-0.3, -0.25) is 0 Å². The Morgan fingerprint density at radius 1 is 1.13 bits per heavy atom. The van der Waals surface area contributed by atoms with E-state index >= 15 is 0 Å². The third-order valence-electron chi connectivity index (χ3n) is 5.52. The first-order valence-corrected chi connectivity index (χ1v) is 10.5. The molecule has 2 heterocycles. The first kappa shape index (κ1) is 20.7. The summed E-state index contributed by atoms with van der Waals surface area (Å²) >= 11 is 0. The molecule has 0 aliphatic carbocycles. The average molecular weight is 418 g/mol. The smallest absolute Gasteiger partial charge is 0.337 e. The number of esters is 1. The monoisotopic (exact) mass is 418 g/mol. The summed E-state index contributed by atoms with van der Waals surface area (Å²) in [4.78, 5) is 21.3. The molecule has 0 saturated carbocycles. The summed E-state index contributed by atoms with van der Waals surface area (Å²) in [7, 11) is 1.36. The van der Waals surface area contributed by atoms with E-state index in [0.29, 0.717) is 22.4 Å². The molecule has 0 bridgehead atoms. The van der Waals surface area contributed by atoms with Gasteiger partial charge >= 0.3 is 5.97 Å². The number of rotatable bonds is 7. The van der Waals surface area contributed by atoms with E-state index in [9.17, 15) is 9.90 Å². The zero-order valence-corrected chi connectivity index (χ0v) is 17.8. The molecule has 0 fully saturated rings. The highest BCUT2D eigenvalue weighted by Gasteiger charge is 2.18. The first-order chi connectivity index (χ1) is 15.0. The molecule has 0 radical (unpaired) electrons. The van der Waals surface area contributed by atoms with Crippen molar-refractivity contribution in [1.29, 1.82) is 0 Å². The number of phenolic OH excluding ortho intramolecular Hbond substituents is 1. The van der Waals surface area contributed by atoms with Crippen LogP contribution in [0.2, 0.25) is 0 Å². The molecular formula is C24H26N4O3. The summed E-state index contributed by atoms with van der Waals surface area (Å²) in [6, 6.07) is 12.6. The Bertz CT molecular complexity index is 1250. The topological polar surface area (TPSA) is 103 Å². The fourth-order valence-electron chi connectivity index (χ4n) is 3.87. The SMILES string of the molecule is CCCCc1nc2c(N)nc3cc(C(=O)OC)ccc3c2n1CCc1ccc(O)cc1. The number of aromatic nitrogens is 3. The molecule has 3 N–H and O–H groups in total. The fraction of sp³-hybridized carbons (Fsp3) is 0.292. The Morgan fingerprint density at radius 2 is 1.90 bits per heavy atom. The maximum Gasteiger partial charge on any atom is 0.337 e. The third-order valence-corrected chi connectivity index (χ3v) is 5.52. The largest absolute Gasteiger partial charge is 0.508 e. The van der Waals surface area contributed by atoms with Crippen LogP contribution in [-0.4, -0.2) is 32.7 Å². The molecular weight excluding hydrogens is 392 g/mol. The number of unbranched alkanes of at least 4 members (excludes halogenated alkanes) is 1. The van der Waals surface area contributed by atoms with Crippen LogP contribution in [0.3, 0.4) is 0 Å². The molecule has 7 heteroatoms. The predicted octanol–water partition coefficient (Wildman–Crippen LogP) is 4.24. The number of nitrogens with zero attached hydrogens (tertiary/aromatic N) is 3. The molecule has 4 rings (SSSR count). The second kappa shape index (κ2) is 8.63. The Kier molecular flexibility index (Phi) is 5.75. The standard InChI is InChI=1S/C24H26N4O3/c1-3-4-5-20-27-21-22(28(20)13-12-15-6-9-17(29)10-7-15)18-11-8-16(24(30)31-2)14-19(18)26-23(21)25/h6-11,14,29H,3-5,12-13H2,1-2H3,(H2,25,26). The minimum atomic E-state index is -0.410. The van der Waals surface area contributed by atoms with Gasteiger partial charge in [-0.15, -0.1) is 0 Å². The maximum absolute atomic E-state index is 12.0. The molecule has 0 atom stereocenters. The normalized spacial score (nSPS) is 11.3. The number of ether oxygens (including phenoxy) is 1. The third kappa shape index (κ3) is 4.03. The predicted molar refractivity (Wildman–Crippen MR) is 121 cm³/mol. The number of benzene rings is 2. The van der Waals surface area contributed by atoms with Gasteiger partial charge in [0.05, 0.1) is 23.7 Å². The molecule has 0 spiro atoms. The van der Waals surface area contributed by atoms with Gasteiger partial charge in [-0.2, -0.15) is 0 Å². The van der Waals surface area contributed by atoms with Crippen molar-refractivity contribution in [1.82, 2.24) is 14.5 Å². The number of aromatic hydroxyl groups is 1. The quantitative estimate of drug-likeness (QED) is 0.435. The van der Waals surface area contributed by atoms with Gasteiger partial charge < -0.3 is 20.1 Å². The van der Waals surface area contributed by atoms with Gasteiger partial charge in [0.25, 0.3) is 0 Å². The number of anilines is 1. The van der Waals surface area contributed by atoms with Crippen LogP contribution in [0, 0.1) is 0 Å². The number of pyridine rings is 1. The number of aryl methyl sites for hydroxylation is 3. The van der Waals surface area contributed by atoms with Gasteiger partial charge in [-0.1, -0.05) is 25.5 Å². The number of fused-ring (bicyclic) bond motifs is 3. The van der Waals surface area contributed by atoms with Gasteiger partial charge in [0, 0.05) is 18.4 Å². The van der Waals surface area contributed by atoms with Gasteiger partial charge in [0.2, 0.25) is 0 Å². The van der Waals surface area contributed by atoms with Crippen molar-refractivity contribution >= 4 is 33.7 Å². The summed E-state index contributed by atoms with van der Waals surface area (Å²) in [5.41, 5.74) is 10.1. The summed E-state index contributed by atoms with van der Waals surface area (Å²) in [5.74, 6) is 1.18. The Labute approximate surface area is 180 Å². The zero-order chi connectivity index (χ0) is 22.0. The number of imidazole rings is 1. The number of hydrogen-bond acceptors (Lipinski definition) is 6. The van der Waals surface area contributed by atoms with Crippen molar-refractivity contribution in [2.24, 2.45) is 0 Å². The van der Waals surface area contributed by atoms with Crippen molar-refractivity contribution in [3.05, 3.63) is 59.4 Å². The number of carbonyl (C=O) groups is 1. The van der Waals surface area contributed by atoms with Crippen molar-refractivity contribution in [3.8, 4) is 5.75 Å². The van der Waals surface area contributed by atoms with Crippen molar-refractivity contribution in [2.75, 3.05) is 12.8 Å². The van der Waals surface area contributed by atoms with Gasteiger partial charge in [0.15, 0.2) is 5.82 Å². The van der Waals surface area contributed by atoms with E-state index in [0.717, 1.165) is 54.5 Å².